The van der Waals surface area contributed by atoms with Crippen LogP contribution in [0.2, 0.25) is 0 Å². The van der Waals surface area contributed by atoms with Gasteiger partial charge >= 0.3 is 6.09 Å². The van der Waals surface area contributed by atoms with Gasteiger partial charge < -0.3 is 20.3 Å². The molecule has 0 saturated carbocycles. The van der Waals surface area contributed by atoms with Crippen molar-refractivity contribution in [3.8, 4) is 17.2 Å². The van der Waals surface area contributed by atoms with E-state index < -0.39 is 23.2 Å². The Kier molecular flexibility index (Phi) is 6.54. The monoisotopic (exact) mass is 459 g/mol. The molecular formula is C25H21N3O6. The summed E-state index contributed by atoms with van der Waals surface area (Å²) in [5.74, 6) is -0.122. The zero-order valence-electron chi connectivity index (χ0n) is 17.9. The lowest BCUT2D eigenvalue weighted by Gasteiger charge is -2.19. The molecule has 0 saturated heterocycles. The molecule has 1 aliphatic rings. The van der Waals surface area contributed by atoms with Gasteiger partial charge in [-0.15, -0.1) is 0 Å². The Balaban J connectivity index is 1.36. The molecule has 172 valence electrons. The first kappa shape index (κ1) is 22.9. The van der Waals surface area contributed by atoms with Gasteiger partial charge in [0.1, 0.15) is 18.8 Å². The Labute approximate surface area is 195 Å². The van der Waals surface area contributed by atoms with Crippen LogP contribution in [0.4, 0.5) is 10.5 Å². The maximum absolute atomic E-state index is 12.3. The first-order valence-electron chi connectivity index (χ1n) is 10.5. The van der Waals surface area contributed by atoms with Crippen molar-refractivity contribution in [1.82, 2.24) is 5.32 Å². The van der Waals surface area contributed by atoms with Crippen LogP contribution in [0.5, 0.6) is 0 Å². The van der Waals surface area contributed by atoms with Crippen molar-refractivity contribution >= 4 is 11.8 Å². The van der Waals surface area contributed by atoms with Gasteiger partial charge in [0.05, 0.1) is 16.6 Å². The van der Waals surface area contributed by atoms with E-state index in [9.17, 15) is 25.1 Å². The number of non-ortho nitro benzene ring substituents is 1. The predicted octanol–water partition coefficient (Wildman–Crippen LogP) is 3.40. The standard InChI is InChI=1S/C25H21N3O6/c26-12-15-9-16(11-17(10-15)28(32)33)24(30)23(29)13-27-25(31)34-14-22-20-7-3-1-5-18(20)19-6-2-4-8-21(19)22/h1-11,22-24,29-30H,13-14H2,(H,27,31). The summed E-state index contributed by atoms with van der Waals surface area (Å²) < 4.78 is 5.39. The van der Waals surface area contributed by atoms with Gasteiger partial charge in [-0.05, 0) is 33.9 Å². The van der Waals surface area contributed by atoms with E-state index in [0.717, 1.165) is 34.4 Å². The van der Waals surface area contributed by atoms with Crippen LogP contribution in [0.25, 0.3) is 11.1 Å². The third-order valence-corrected chi connectivity index (χ3v) is 5.79. The topological polar surface area (TPSA) is 146 Å². The van der Waals surface area contributed by atoms with E-state index in [2.05, 4.69) is 5.32 Å². The number of fused-ring (bicyclic) bond motifs is 3. The van der Waals surface area contributed by atoms with Crippen LogP contribution < -0.4 is 5.32 Å². The molecule has 0 spiro atoms. The number of nitro groups is 1. The van der Waals surface area contributed by atoms with Crippen molar-refractivity contribution in [2.45, 2.75) is 18.1 Å². The fourth-order valence-electron chi connectivity index (χ4n) is 4.15. The van der Waals surface area contributed by atoms with Gasteiger partial charge in [-0.1, -0.05) is 48.5 Å². The number of aliphatic hydroxyl groups is 2. The highest BCUT2D eigenvalue weighted by molar-refractivity contribution is 5.79. The van der Waals surface area contributed by atoms with Crippen LogP contribution >= 0.6 is 0 Å². The summed E-state index contributed by atoms with van der Waals surface area (Å²) in [6.07, 6.45) is -3.81. The van der Waals surface area contributed by atoms with Crippen LogP contribution in [0.3, 0.4) is 0 Å². The van der Waals surface area contributed by atoms with Crippen LogP contribution in [-0.2, 0) is 4.74 Å². The SMILES string of the molecule is N#Cc1cc(C(O)C(O)CNC(=O)OCC2c3ccccc3-c3ccccc32)cc([N+](=O)[O-])c1. The minimum atomic E-state index is -1.55. The molecule has 1 aliphatic carbocycles. The molecule has 0 aromatic heterocycles. The van der Waals surface area contributed by atoms with Gasteiger partial charge in [0, 0.05) is 24.6 Å². The normalized spacial score (nSPS) is 13.8. The zero-order chi connectivity index (χ0) is 24.2. The Bertz CT molecular complexity index is 1240. The van der Waals surface area contributed by atoms with Gasteiger partial charge in [-0.3, -0.25) is 10.1 Å². The molecule has 3 N–H and O–H groups in total. The number of carbonyl (C=O) groups is 1. The average Bonchev–Trinajstić information content (AvgIpc) is 3.18. The van der Waals surface area contributed by atoms with Crippen molar-refractivity contribution in [3.05, 3.63) is 99.1 Å². The summed E-state index contributed by atoms with van der Waals surface area (Å²) in [5.41, 5.74) is 3.90. The summed E-state index contributed by atoms with van der Waals surface area (Å²) in [6.45, 7) is -0.267. The predicted molar refractivity (Wildman–Crippen MR) is 122 cm³/mol. The number of nitrogens with one attached hydrogen (secondary N) is 1. The number of nitro benzene ring substituents is 1. The highest BCUT2D eigenvalue weighted by Gasteiger charge is 2.29. The quantitative estimate of drug-likeness (QED) is 0.362. The number of nitrogens with zero attached hydrogens (tertiary/aromatic N) is 2. The van der Waals surface area contributed by atoms with E-state index >= 15 is 0 Å². The molecule has 2 atom stereocenters. The van der Waals surface area contributed by atoms with Gasteiger partial charge in [0.15, 0.2) is 0 Å². The average molecular weight is 459 g/mol. The Hall–Kier alpha value is -4.26. The Morgan fingerprint density at radius 3 is 2.29 bits per heavy atom. The van der Waals surface area contributed by atoms with Crippen molar-refractivity contribution in [3.63, 3.8) is 0 Å². The van der Waals surface area contributed by atoms with Crippen molar-refractivity contribution in [2.24, 2.45) is 0 Å². The molecule has 1 amide bonds. The number of aliphatic hydroxyl groups excluding tert-OH is 2. The summed E-state index contributed by atoms with van der Waals surface area (Å²) in [5, 5.41) is 43.1. The van der Waals surface area contributed by atoms with Gasteiger partial charge in [0.2, 0.25) is 0 Å². The van der Waals surface area contributed by atoms with Crippen molar-refractivity contribution in [1.29, 1.82) is 5.26 Å². The van der Waals surface area contributed by atoms with Gasteiger partial charge in [-0.25, -0.2) is 4.79 Å². The largest absolute Gasteiger partial charge is 0.449 e. The van der Waals surface area contributed by atoms with E-state index in [1.54, 1.807) is 6.07 Å². The van der Waals surface area contributed by atoms with E-state index in [0.29, 0.717) is 0 Å². The first-order chi connectivity index (χ1) is 16.4. The third kappa shape index (κ3) is 4.59. The van der Waals surface area contributed by atoms with E-state index in [4.69, 9.17) is 10.00 Å². The van der Waals surface area contributed by atoms with Crippen LogP contribution in [0.1, 0.15) is 34.3 Å². The highest BCUT2D eigenvalue weighted by atomic mass is 16.6. The number of nitriles is 1. The fourth-order valence-corrected chi connectivity index (χ4v) is 4.15. The number of hydrogen-bond donors (Lipinski definition) is 3. The second-order valence-corrected chi connectivity index (χ2v) is 7.90. The summed E-state index contributed by atoms with van der Waals surface area (Å²) in [4.78, 5) is 22.6. The minimum absolute atomic E-state index is 0.00686. The maximum Gasteiger partial charge on any atom is 0.407 e. The molecule has 9 nitrogen and oxygen atoms in total. The van der Waals surface area contributed by atoms with E-state index in [-0.39, 0.29) is 35.9 Å². The molecule has 2 unspecified atom stereocenters. The molecule has 0 bridgehead atoms. The maximum atomic E-state index is 12.3. The van der Waals surface area contributed by atoms with Crippen LogP contribution in [0.15, 0.2) is 66.7 Å². The number of carbonyl (C=O) groups excluding carboxylic acids is 1. The number of ether oxygens (including phenoxy) is 1. The van der Waals surface area contributed by atoms with Gasteiger partial charge in [-0.2, -0.15) is 5.26 Å². The minimum Gasteiger partial charge on any atom is -0.449 e. The van der Waals surface area contributed by atoms with Crippen molar-refractivity contribution < 1.29 is 24.7 Å². The molecule has 0 heterocycles. The summed E-state index contributed by atoms with van der Waals surface area (Å²) in [7, 11) is 0. The van der Waals surface area contributed by atoms with Crippen LogP contribution in [0, 0.1) is 21.4 Å². The molecule has 4 rings (SSSR count). The van der Waals surface area contributed by atoms with Crippen molar-refractivity contribution in [2.75, 3.05) is 13.2 Å². The summed E-state index contributed by atoms with van der Waals surface area (Å²) >= 11 is 0. The number of amides is 1. The lowest BCUT2D eigenvalue weighted by molar-refractivity contribution is -0.385. The fraction of sp³-hybridized carbons (Fsp3) is 0.200. The number of hydrogen-bond acceptors (Lipinski definition) is 7. The first-order valence-corrected chi connectivity index (χ1v) is 10.5. The second kappa shape index (κ2) is 9.70. The van der Waals surface area contributed by atoms with E-state index in [1.165, 1.54) is 6.07 Å². The lowest BCUT2D eigenvalue weighted by Crippen LogP contribution is -2.36. The molecule has 0 radical (unpaired) electrons. The van der Waals surface area contributed by atoms with Crippen LogP contribution in [-0.4, -0.2) is 40.5 Å². The molecule has 0 aliphatic heterocycles. The number of benzene rings is 3. The third-order valence-electron chi connectivity index (χ3n) is 5.79. The molecule has 3 aromatic carbocycles. The number of rotatable bonds is 7. The molecule has 3 aromatic rings. The number of alkyl carbamates (subject to hydrolysis) is 1. The summed E-state index contributed by atoms with van der Waals surface area (Å²) in [6, 6.07) is 21.0. The van der Waals surface area contributed by atoms with Gasteiger partial charge in [0.25, 0.3) is 5.69 Å². The second-order valence-electron chi connectivity index (χ2n) is 7.90. The molecule has 0 fully saturated rings. The van der Waals surface area contributed by atoms with E-state index in [1.807, 2.05) is 48.5 Å². The molecule has 9 heteroatoms. The molecular weight excluding hydrogens is 438 g/mol. The Morgan fingerprint density at radius 2 is 1.71 bits per heavy atom. The smallest absolute Gasteiger partial charge is 0.407 e. The molecule has 34 heavy (non-hydrogen) atoms. The zero-order valence-corrected chi connectivity index (χ0v) is 17.9. The Morgan fingerprint density at radius 1 is 1.09 bits per heavy atom. The highest BCUT2D eigenvalue weighted by Crippen LogP contribution is 2.44. The lowest BCUT2D eigenvalue weighted by atomic mass is 9.98.